The van der Waals surface area contributed by atoms with Gasteiger partial charge in [0.2, 0.25) is 0 Å². The number of likely N-dealkylation sites (tertiary alicyclic amines) is 1. The molecular formula is C20H22F3N3O. The first-order valence-electron chi connectivity index (χ1n) is 8.85. The van der Waals surface area contributed by atoms with Crippen molar-refractivity contribution in [3.05, 3.63) is 59.3 Å². The van der Waals surface area contributed by atoms with Crippen molar-refractivity contribution in [3.63, 3.8) is 0 Å². The molecule has 3 rings (SSSR count). The quantitative estimate of drug-likeness (QED) is 0.805. The van der Waals surface area contributed by atoms with E-state index < -0.39 is 11.7 Å². The second-order valence-electron chi connectivity index (χ2n) is 7.01. The van der Waals surface area contributed by atoms with Crippen LogP contribution in [0.2, 0.25) is 0 Å². The van der Waals surface area contributed by atoms with Gasteiger partial charge >= 0.3 is 6.18 Å². The minimum atomic E-state index is -4.33. The second kappa shape index (κ2) is 7.58. The molecule has 1 aromatic heterocycles. The van der Waals surface area contributed by atoms with E-state index in [1.165, 1.54) is 12.1 Å². The molecular weight excluding hydrogens is 355 g/mol. The molecule has 1 unspecified atom stereocenters. The van der Waals surface area contributed by atoms with Gasteiger partial charge < -0.3 is 9.80 Å². The van der Waals surface area contributed by atoms with E-state index in [0.29, 0.717) is 24.5 Å². The van der Waals surface area contributed by atoms with Crippen LogP contribution in [0.5, 0.6) is 0 Å². The summed E-state index contributed by atoms with van der Waals surface area (Å²) in [5.41, 5.74) is 0.758. The first-order chi connectivity index (χ1) is 12.8. The highest BCUT2D eigenvalue weighted by Crippen LogP contribution is 2.32. The number of piperidine rings is 1. The lowest BCUT2D eigenvalue weighted by atomic mass is 9.90. The SMILES string of the molecule is CN(C)c1cc(C(=O)N2CCCC(c3ccc(C(F)(F)F)cc3)C2)ccn1. The molecule has 144 valence electrons. The first-order valence-corrected chi connectivity index (χ1v) is 8.85. The normalized spacial score (nSPS) is 17.7. The number of carbonyl (C=O) groups is 1. The van der Waals surface area contributed by atoms with Crippen LogP contribution in [-0.2, 0) is 6.18 Å². The van der Waals surface area contributed by atoms with Gasteiger partial charge in [0.05, 0.1) is 5.56 Å². The lowest BCUT2D eigenvalue weighted by Crippen LogP contribution is -2.39. The molecule has 7 heteroatoms. The van der Waals surface area contributed by atoms with E-state index in [1.807, 2.05) is 19.0 Å². The zero-order chi connectivity index (χ0) is 19.6. The summed E-state index contributed by atoms with van der Waals surface area (Å²) in [6.45, 7) is 1.15. The number of hydrogen-bond acceptors (Lipinski definition) is 3. The Labute approximate surface area is 156 Å². The van der Waals surface area contributed by atoms with E-state index in [4.69, 9.17) is 0 Å². The van der Waals surface area contributed by atoms with Crippen LogP contribution >= 0.6 is 0 Å². The van der Waals surface area contributed by atoms with E-state index in [0.717, 1.165) is 30.5 Å². The molecule has 0 N–H and O–H groups in total. The third-order valence-electron chi connectivity index (χ3n) is 4.87. The number of pyridine rings is 1. The lowest BCUT2D eigenvalue weighted by Gasteiger charge is -2.33. The molecule has 1 fully saturated rings. The third kappa shape index (κ3) is 4.40. The van der Waals surface area contributed by atoms with Gasteiger partial charge in [-0.2, -0.15) is 13.2 Å². The summed E-state index contributed by atoms with van der Waals surface area (Å²) in [4.78, 5) is 20.7. The van der Waals surface area contributed by atoms with Gasteiger partial charge in [-0.05, 0) is 42.7 Å². The summed E-state index contributed by atoms with van der Waals surface area (Å²) >= 11 is 0. The Bertz CT molecular complexity index is 803. The summed E-state index contributed by atoms with van der Waals surface area (Å²) in [5, 5.41) is 0. The van der Waals surface area contributed by atoms with Crippen molar-refractivity contribution in [3.8, 4) is 0 Å². The minimum Gasteiger partial charge on any atom is -0.363 e. The van der Waals surface area contributed by atoms with Crippen molar-refractivity contribution >= 4 is 11.7 Å². The molecule has 1 amide bonds. The van der Waals surface area contributed by atoms with E-state index in [9.17, 15) is 18.0 Å². The number of amides is 1. The first kappa shape index (κ1) is 19.2. The Hall–Kier alpha value is -2.57. The van der Waals surface area contributed by atoms with Gasteiger partial charge in [-0.3, -0.25) is 4.79 Å². The van der Waals surface area contributed by atoms with Crippen LogP contribution in [0.25, 0.3) is 0 Å². The molecule has 0 saturated carbocycles. The topological polar surface area (TPSA) is 36.4 Å². The number of rotatable bonds is 3. The summed E-state index contributed by atoms with van der Waals surface area (Å²) in [7, 11) is 3.72. The van der Waals surface area contributed by atoms with Crippen LogP contribution in [0.1, 0.15) is 40.2 Å². The van der Waals surface area contributed by atoms with Gasteiger partial charge in [0.25, 0.3) is 5.91 Å². The van der Waals surface area contributed by atoms with Crippen molar-refractivity contribution < 1.29 is 18.0 Å². The number of aromatic nitrogens is 1. The maximum atomic E-state index is 12.9. The number of benzene rings is 1. The van der Waals surface area contributed by atoms with Crippen molar-refractivity contribution in [2.24, 2.45) is 0 Å². The van der Waals surface area contributed by atoms with Gasteiger partial charge in [0.1, 0.15) is 5.82 Å². The van der Waals surface area contributed by atoms with Gasteiger partial charge in [0, 0.05) is 44.9 Å². The molecule has 27 heavy (non-hydrogen) atoms. The van der Waals surface area contributed by atoms with Crippen LogP contribution in [0, 0.1) is 0 Å². The number of nitrogens with zero attached hydrogens (tertiary/aromatic N) is 3. The van der Waals surface area contributed by atoms with E-state index >= 15 is 0 Å². The van der Waals surface area contributed by atoms with Crippen molar-refractivity contribution in [2.75, 3.05) is 32.1 Å². The zero-order valence-corrected chi connectivity index (χ0v) is 15.3. The van der Waals surface area contributed by atoms with Crippen molar-refractivity contribution in [2.45, 2.75) is 24.9 Å². The standard InChI is InChI=1S/C20H22F3N3O/c1-25(2)18-12-15(9-10-24-18)19(27)26-11-3-4-16(13-26)14-5-7-17(8-6-14)20(21,22)23/h5-10,12,16H,3-4,11,13H2,1-2H3. The average Bonchev–Trinajstić information content (AvgIpc) is 2.67. The summed E-state index contributed by atoms with van der Waals surface area (Å²) < 4.78 is 38.2. The Kier molecular flexibility index (Phi) is 5.39. The summed E-state index contributed by atoms with van der Waals surface area (Å²) in [6.07, 6.45) is -1.05. The van der Waals surface area contributed by atoms with E-state index in [1.54, 1.807) is 23.2 Å². The van der Waals surface area contributed by atoms with Crippen LogP contribution < -0.4 is 4.90 Å². The van der Waals surface area contributed by atoms with Gasteiger partial charge in [-0.15, -0.1) is 0 Å². The number of hydrogen-bond donors (Lipinski definition) is 0. The third-order valence-corrected chi connectivity index (χ3v) is 4.87. The molecule has 1 aromatic carbocycles. The van der Waals surface area contributed by atoms with Gasteiger partial charge in [0.15, 0.2) is 0 Å². The highest BCUT2D eigenvalue weighted by atomic mass is 19.4. The lowest BCUT2D eigenvalue weighted by molar-refractivity contribution is -0.137. The Morgan fingerprint density at radius 2 is 1.89 bits per heavy atom. The van der Waals surface area contributed by atoms with Crippen LogP contribution in [0.15, 0.2) is 42.6 Å². The molecule has 2 heterocycles. The number of anilines is 1. The predicted molar refractivity (Wildman–Crippen MR) is 97.9 cm³/mol. The molecule has 1 atom stereocenters. The number of halogens is 3. The zero-order valence-electron chi connectivity index (χ0n) is 15.3. The Morgan fingerprint density at radius 1 is 1.19 bits per heavy atom. The largest absolute Gasteiger partial charge is 0.416 e. The second-order valence-corrected chi connectivity index (χ2v) is 7.01. The molecule has 2 aromatic rings. The fourth-order valence-corrected chi connectivity index (χ4v) is 3.36. The fraction of sp³-hybridized carbons (Fsp3) is 0.400. The Balaban J connectivity index is 1.74. The van der Waals surface area contributed by atoms with Crippen LogP contribution in [0.4, 0.5) is 19.0 Å². The molecule has 0 bridgehead atoms. The molecule has 0 radical (unpaired) electrons. The van der Waals surface area contributed by atoms with E-state index in [-0.39, 0.29) is 11.8 Å². The molecule has 1 aliphatic heterocycles. The highest BCUT2D eigenvalue weighted by Gasteiger charge is 2.31. The fourth-order valence-electron chi connectivity index (χ4n) is 3.36. The van der Waals surface area contributed by atoms with Crippen LogP contribution in [0.3, 0.4) is 0 Å². The molecule has 1 saturated heterocycles. The smallest absolute Gasteiger partial charge is 0.363 e. The Morgan fingerprint density at radius 3 is 2.52 bits per heavy atom. The molecule has 1 aliphatic rings. The summed E-state index contributed by atoms with van der Waals surface area (Å²) in [6, 6.07) is 8.72. The summed E-state index contributed by atoms with van der Waals surface area (Å²) in [5.74, 6) is 0.675. The van der Waals surface area contributed by atoms with Gasteiger partial charge in [-0.25, -0.2) is 4.98 Å². The van der Waals surface area contributed by atoms with Crippen molar-refractivity contribution in [1.29, 1.82) is 0 Å². The molecule has 0 spiro atoms. The van der Waals surface area contributed by atoms with E-state index in [2.05, 4.69) is 4.98 Å². The highest BCUT2D eigenvalue weighted by molar-refractivity contribution is 5.95. The predicted octanol–water partition coefficient (Wildman–Crippen LogP) is 4.19. The number of carbonyl (C=O) groups excluding carboxylic acids is 1. The molecule has 4 nitrogen and oxygen atoms in total. The number of alkyl halides is 3. The minimum absolute atomic E-state index is 0.0418. The van der Waals surface area contributed by atoms with Crippen LogP contribution in [-0.4, -0.2) is 43.0 Å². The van der Waals surface area contributed by atoms with Gasteiger partial charge in [-0.1, -0.05) is 12.1 Å². The maximum Gasteiger partial charge on any atom is 0.416 e. The van der Waals surface area contributed by atoms with Crippen molar-refractivity contribution in [1.82, 2.24) is 9.88 Å². The molecule has 0 aliphatic carbocycles. The monoisotopic (exact) mass is 377 g/mol. The maximum absolute atomic E-state index is 12.9. The average molecular weight is 377 g/mol.